The molecule has 0 radical (unpaired) electrons. The average Bonchev–Trinajstić information content (AvgIpc) is 2.06. The van der Waals surface area contributed by atoms with Crippen molar-refractivity contribution in [3.63, 3.8) is 0 Å². The molecule has 0 aliphatic heterocycles. The van der Waals surface area contributed by atoms with Crippen LogP contribution in [0.2, 0.25) is 0 Å². The maximum Gasteiger partial charge on any atom is 0.371 e. The van der Waals surface area contributed by atoms with E-state index in [9.17, 15) is 4.79 Å². The number of nitrogens with zero attached hydrogens (tertiary/aromatic N) is 4. The summed E-state index contributed by atoms with van der Waals surface area (Å²) in [5, 5.41) is 3.76. The highest BCUT2D eigenvalue weighted by Crippen LogP contribution is 1.87. The normalized spacial score (nSPS) is 10.2. The third kappa shape index (κ3) is 0.861. The molecular formula is C6H4N4O. The van der Waals surface area contributed by atoms with E-state index in [2.05, 4.69) is 15.1 Å². The van der Waals surface area contributed by atoms with Gasteiger partial charge in [-0.1, -0.05) is 0 Å². The van der Waals surface area contributed by atoms with Gasteiger partial charge in [-0.3, -0.25) is 0 Å². The van der Waals surface area contributed by atoms with Gasteiger partial charge in [0.25, 0.3) is 0 Å². The summed E-state index contributed by atoms with van der Waals surface area (Å²) in [5.74, 6) is 0. The number of fused-ring (bicyclic) bond motifs is 1. The highest BCUT2D eigenvalue weighted by molar-refractivity contribution is 5.32. The van der Waals surface area contributed by atoms with Crippen LogP contribution in [0.5, 0.6) is 0 Å². The first-order chi connectivity index (χ1) is 5.38. The molecule has 0 fully saturated rings. The van der Waals surface area contributed by atoms with Crippen LogP contribution >= 0.6 is 0 Å². The predicted octanol–water partition coefficient (Wildman–Crippen LogP) is -0.516. The van der Waals surface area contributed by atoms with E-state index in [1.165, 1.54) is 12.5 Å². The monoisotopic (exact) mass is 148 g/mol. The van der Waals surface area contributed by atoms with Crippen LogP contribution in [0, 0.1) is 0 Å². The molecule has 5 heteroatoms. The van der Waals surface area contributed by atoms with Crippen molar-refractivity contribution < 1.29 is 0 Å². The third-order valence-electron chi connectivity index (χ3n) is 1.27. The average molecular weight is 148 g/mol. The molecule has 0 saturated heterocycles. The summed E-state index contributed by atoms with van der Waals surface area (Å²) < 4.78 is 1.14. The second kappa shape index (κ2) is 2.12. The summed E-state index contributed by atoms with van der Waals surface area (Å²) in [6.45, 7) is 0. The summed E-state index contributed by atoms with van der Waals surface area (Å²) in [7, 11) is 0. The Balaban J connectivity index is 3.03. The second-order valence-corrected chi connectivity index (χ2v) is 1.95. The van der Waals surface area contributed by atoms with Crippen LogP contribution < -0.4 is 5.69 Å². The SMILES string of the molecule is O=c1ncnc2cccnn12. The van der Waals surface area contributed by atoms with E-state index in [4.69, 9.17) is 0 Å². The van der Waals surface area contributed by atoms with Crippen LogP contribution in [0.1, 0.15) is 0 Å². The summed E-state index contributed by atoms with van der Waals surface area (Å²) >= 11 is 0. The van der Waals surface area contributed by atoms with Gasteiger partial charge in [-0.2, -0.15) is 14.6 Å². The molecule has 0 N–H and O–H groups in total. The Bertz CT molecular complexity index is 430. The lowest BCUT2D eigenvalue weighted by molar-refractivity contribution is 0.814. The molecule has 0 aromatic carbocycles. The molecule has 0 amide bonds. The van der Waals surface area contributed by atoms with Gasteiger partial charge in [0.05, 0.1) is 0 Å². The molecule has 0 aliphatic rings. The Morgan fingerprint density at radius 1 is 1.36 bits per heavy atom. The third-order valence-corrected chi connectivity index (χ3v) is 1.27. The van der Waals surface area contributed by atoms with Crippen molar-refractivity contribution in [2.45, 2.75) is 0 Å². The highest BCUT2D eigenvalue weighted by atomic mass is 16.1. The van der Waals surface area contributed by atoms with Crippen LogP contribution in [0.4, 0.5) is 0 Å². The smallest absolute Gasteiger partial charge is 0.243 e. The largest absolute Gasteiger partial charge is 0.371 e. The first kappa shape index (κ1) is 5.96. The van der Waals surface area contributed by atoms with E-state index in [0.717, 1.165) is 4.52 Å². The van der Waals surface area contributed by atoms with Crippen molar-refractivity contribution in [3.8, 4) is 0 Å². The molecule has 5 nitrogen and oxygen atoms in total. The van der Waals surface area contributed by atoms with E-state index in [1.807, 2.05) is 0 Å². The Labute approximate surface area is 61.3 Å². The second-order valence-electron chi connectivity index (χ2n) is 1.95. The zero-order chi connectivity index (χ0) is 7.68. The Morgan fingerprint density at radius 2 is 2.27 bits per heavy atom. The van der Waals surface area contributed by atoms with Gasteiger partial charge < -0.3 is 0 Å². The Morgan fingerprint density at radius 3 is 3.09 bits per heavy atom. The molecule has 2 rings (SSSR count). The summed E-state index contributed by atoms with van der Waals surface area (Å²) in [4.78, 5) is 18.2. The van der Waals surface area contributed by atoms with E-state index in [0.29, 0.717) is 5.65 Å². The molecule has 2 heterocycles. The lowest BCUT2D eigenvalue weighted by Crippen LogP contribution is -2.19. The van der Waals surface area contributed by atoms with Gasteiger partial charge in [0.1, 0.15) is 6.33 Å². The van der Waals surface area contributed by atoms with Crippen molar-refractivity contribution >= 4 is 5.65 Å². The molecule has 0 bridgehead atoms. The molecule has 0 atom stereocenters. The fourth-order valence-electron chi connectivity index (χ4n) is 0.801. The minimum Gasteiger partial charge on any atom is -0.243 e. The van der Waals surface area contributed by atoms with E-state index < -0.39 is 5.69 Å². The molecular weight excluding hydrogens is 144 g/mol. The lowest BCUT2D eigenvalue weighted by atomic mass is 10.5. The van der Waals surface area contributed by atoms with Crippen molar-refractivity contribution in [3.05, 3.63) is 35.1 Å². The van der Waals surface area contributed by atoms with Gasteiger partial charge in [-0.25, -0.2) is 9.78 Å². The fourth-order valence-corrected chi connectivity index (χ4v) is 0.801. The lowest BCUT2D eigenvalue weighted by Gasteiger charge is -1.92. The number of rotatable bonds is 0. The summed E-state index contributed by atoms with van der Waals surface area (Å²) in [6, 6.07) is 3.40. The Kier molecular flexibility index (Phi) is 1.15. The van der Waals surface area contributed by atoms with Crippen molar-refractivity contribution in [1.29, 1.82) is 0 Å². The number of hydrogen-bond donors (Lipinski definition) is 0. The van der Waals surface area contributed by atoms with Crippen molar-refractivity contribution in [2.75, 3.05) is 0 Å². The summed E-state index contributed by atoms with van der Waals surface area (Å²) in [5.41, 5.74) is 0.100. The minimum atomic E-state index is -0.407. The molecule has 0 spiro atoms. The molecule has 2 aromatic heterocycles. The Hall–Kier alpha value is -1.78. The molecule has 54 valence electrons. The molecule has 0 saturated carbocycles. The zero-order valence-electron chi connectivity index (χ0n) is 5.51. The van der Waals surface area contributed by atoms with Crippen LogP contribution in [-0.2, 0) is 0 Å². The minimum absolute atomic E-state index is 0.407. The maximum absolute atomic E-state index is 10.9. The number of hydrogen-bond acceptors (Lipinski definition) is 4. The van der Waals surface area contributed by atoms with Crippen LogP contribution in [0.25, 0.3) is 5.65 Å². The number of aromatic nitrogens is 4. The van der Waals surface area contributed by atoms with Crippen LogP contribution in [-0.4, -0.2) is 19.6 Å². The van der Waals surface area contributed by atoms with Gasteiger partial charge in [0, 0.05) is 6.20 Å². The van der Waals surface area contributed by atoms with Crippen LogP contribution in [0.3, 0.4) is 0 Å². The van der Waals surface area contributed by atoms with Gasteiger partial charge in [-0.15, -0.1) is 0 Å². The topological polar surface area (TPSA) is 60.2 Å². The molecule has 0 aliphatic carbocycles. The zero-order valence-corrected chi connectivity index (χ0v) is 5.51. The van der Waals surface area contributed by atoms with Gasteiger partial charge >= 0.3 is 5.69 Å². The fraction of sp³-hybridized carbons (Fsp3) is 0. The van der Waals surface area contributed by atoms with Gasteiger partial charge in [-0.05, 0) is 12.1 Å². The first-order valence-electron chi connectivity index (χ1n) is 3.03. The maximum atomic E-state index is 10.9. The van der Waals surface area contributed by atoms with Crippen molar-refractivity contribution in [2.24, 2.45) is 0 Å². The van der Waals surface area contributed by atoms with Gasteiger partial charge in [0.2, 0.25) is 0 Å². The van der Waals surface area contributed by atoms with E-state index in [-0.39, 0.29) is 0 Å². The predicted molar refractivity (Wildman–Crippen MR) is 37.1 cm³/mol. The quantitative estimate of drug-likeness (QED) is 0.504. The van der Waals surface area contributed by atoms with Gasteiger partial charge in [0.15, 0.2) is 5.65 Å². The molecule has 0 unspecified atom stereocenters. The first-order valence-corrected chi connectivity index (χ1v) is 3.03. The standard InChI is InChI=1S/C6H4N4O/c11-6-8-4-7-5-2-1-3-9-10(5)6/h1-4H. The van der Waals surface area contributed by atoms with E-state index in [1.54, 1.807) is 12.1 Å². The molecule has 2 aromatic rings. The highest BCUT2D eigenvalue weighted by Gasteiger charge is 1.93. The van der Waals surface area contributed by atoms with Crippen molar-refractivity contribution in [1.82, 2.24) is 19.6 Å². The van der Waals surface area contributed by atoms with E-state index >= 15 is 0 Å². The molecule has 11 heavy (non-hydrogen) atoms. The summed E-state index contributed by atoms with van der Waals surface area (Å²) in [6.07, 6.45) is 2.73. The van der Waals surface area contributed by atoms with Crippen LogP contribution in [0.15, 0.2) is 29.5 Å².